The van der Waals surface area contributed by atoms with E-state index >= 15 is 0 Å². The van der Waals surface area contributed by atoms with Crippen molar-refractivity contribution in [3.8, 4) is 0 Å². The summed E-state index contributed by atoms with van der Waals surface area (Å²) in [6, 6.07) is 5.82. The highest BCUT2D eigenvalue weighted by atomic mass is 32.3. The minimum atomic E-state index is -4.31. The highest BCUT2D eigenvalue weighted by molar-refractivity contribution is 7.98. The molecule has 0 atom stereocenters. The fourth-order valence-electron chi connectivity index (χ4n) is 1.99. The SMILES string of the molecule is Cc1ccc(S(=O)(=O)c2nc(S(=O)(=O)C(C)C)sc2S(=O)(=O)C(C)C)cc1. The average Bonchev–Trinajstić information content (AvgIpc) is 3.02. The van der Waals surface area contributed by atoms with Gasteiger partial charge in [0.25, 0.3) is 0 Å². The van der Waals surface area contributed by atoms with Gasteiger partial charge in [-0.2, -0.15) is 0 Å². The molecule has 0 saturated carbocycles. The molecule has 0 aliphatic carbocycles. The Balaban J connectivity index is 2.86. The van der Waals surface area contributed by atoms with Crippen LogP contribution in [0, 0.1) is 6.92 Å². The predicted octanol–water partition coefficient (Wildman–Crippen LogP) is 2.65. The topological polar surface area (TPSA) is 115 Å². The standard InChI is InChI=1S/C16H21NO6S4/c1-10(2)25(18,19)15-14(17-16(24-15)26(20,21)11(3)4)27(22,23)13-8-6-12(5)7-9-13/h6-11H,1-5H3. The van der Waals surface area contributed by atoms with E-state index in [1.807, 2.05) is 0 Å². The van der Waals surface area contributed by atoms with Gasteiger partial charge >= 0.3 is 0 Å². The number of benzene rings is 1. The summed E-state index contributed by atoms with van der Waals surface area (Å²) in [6.45, 7) is 7.41. The van der Waals surface area contributed by atoms with Crippen molar-refractivity contribution in [1.82, 2.24) is 4.98 Å². The van der Waals surface area contributed by atoms with Crippen LogP contribution in [-0.2, 0) is 29.5 Å². The van der Waals surface area contributed by atoms with Crippen molar-refractivity contribution in [2.75, 3.05) is 0 Å². The average molecular weight is 452 g/mol. The molecule has 150 valence electrons. The largest absolute Gasteiger partial charge is 0.226 e. The van der Waals surface area contributed by atoms with Crippen LogP contribution in [0.1, 0.15) is 33.3 Å². The van der Waals surface area contributed by atoms with E-state index in [-0.39, 0.29) is 4.90 Å². The van der Waals surface area contributed by atoms with Gasteiger partial charge in [-0.25, -0.2) is 30.2 Å². The van der Waals surface area contributed by atoms with E-state index in [0.717, 1.165) is 5.56 Å². The molecular weight excluding hydrogens is 430 g/mol. The van der Waals surface area contributed by atoms with Crippen LogP contribution in [0.5, 0.6) is 0 Å². The molecule has 7 nitrogen and oxygen atoms in total. The molecule has 1 aromatic carbocycles. The Morgan fingerprint density at radius 3 is 1.74 bits per heavy atom. The molecule has 2 aromatic rings. The zero-order valence-corrected chi connectivity index (χ0v) is 18.8. The van der Waals surface area contributed by atoms with Crippen LogP contribution >= 0.6 is 11.3 Å². The monoisotopic (exact) mass is 451 g/mol. The lowest BCUT2D eigenvalue weighted by molar-refractivity contribution is 0.574. The van der Waals surface area contributed by atoms with Gasteiger partial charge in [-0.1, -0.05) is 29.0 Å². The molecule has 11 heteroatoms. The number of rotatable bonds is 6. The quantitative estimate of drug-likeness (QED) is 0.663. The maximum atomic E-state index is 13.0. The Morgan fingerprint density at radius 2 is 1.30 bits per heavy atom. The summed E-state index contributed by atoms with van der Waals surface area (Å²) < 4.78 is 75.3. The minimum absolute atomic E-state index is 0.146. The van der Waals surface area contributed by atoms with Crippen molar-refractivity contribution in [3.05, 3.63) is 29.8 Å². The molecule has 0 aliphatic rings. The molecule has 0 N–H and O–H groups in total. The Morgan fingerprint density at radius 1 is 0.815 bits per heavy atom. The molecule has 0 amide bonds. The molecule has 0 unspecified atom stereocenters. The van der Waals surface area contributed by atoms with E-state index in [2.05, 4.69) is 4.98 Å². The summed E-state index contributed by atoms with van der Waals surface area (Å²) in [7, 11) is -12.3. The second-order valence-electron chi connectivity index (χ2n) is 6.58. The first kappa shape index (κ1) is 22.0. The van der Waals surface area contributed by atoms with Gasteiger partial charge in [-0.15, -0.1) is 0 Å². The number of aryl methyl sites for hydroxylation is 1. The van der Waals surface area contributed by atoms with Gasteiger partial charge in [0.2, 0.25) is 24.0 Å². The third-order valence-corrected chi connectivity index (χ3v) is 12.1. The second kappa shape index (κ2) is 7.26. The summed E-state index contributed by atoms with van der Waals surface area (Å²) in [4.78, 5) is 3.64. The summed E-state index contributed by atoms with van der Waals surface area (Å²) in [5.74, 6) is 0. The summed E-state index contributed by atoms with van der Waals surface area (Å²) in [5.41, 5.74) is 0.824. The molecule has 0 radical (unpaired) electrons. The zero-order chi connectivity index (χ0) is 20.8. The Kier molecular flexibility index (Phi) is 5.92. The van der Waals surface area contributed by atoms with Gasteiger partial charge < -0.3 is 0 Å². The van der Waals surface area contributed by atoms with Crippen LogP contribution in [-0.4, -0.2) is 40.7 Å². The zero-order valence-electron chi connectivity index (χ0n) is 15.5. The third kappa shape index (κ3) is 3.96. The Bertz CT molecular complexity index is 1160. The van der Waals surface area contributed by atoms with Gasteiger partial charge in [0, 0.05) is 0 Å². The van der Waals surface area contributed by atoms with Crippen molar-refractivity contribution in [2.24, 2.45) is 0 Å². The van der Waals surface area contributed by atoms with Crippen LogP contribution in [0.2, 0.25) is 0 Å². The van der Waals surface area contributed by atoms with Gasteiger partial charge in [0.15, 0.2) is 19.1 Å². The second-order valence-corrected chi connectivity index (χ2v) is 14.8. The van der Waals surface area contributed by atoms with Crippen LogP contribution in [0.3, 0.4) is 0 Å². The maximum absolute atomic E-state index is 13.0. The number of aromatic nitrogens is 1. The maximum Gasteiger partial charge on any atom is 0.226 e. The van der Waals surface area contributed by atoms with E-state index < -0.39 is 53.6 Å². The van der Waals surface area contributed by atoms with E-state index in [1.165, 1.54) is 39.8 Å². The van der Waals surface area contributed by atoms with Crippen molar-refractivity contribution in [1.29, 1.82) is 0 Å². The summed E-state index contributed by atoms with van der Waals surface area (Å²) >= 11 is 0.389. The lowest BCUT2D eigenvalue weighted by Gasteiger charge is -2.08. The first-order valence-electron chi connectivity index (χ1n) is 8.02. The molecule has 0 aliphatic heterocycles. The molecule has 0 saturated heterocycles. The molecular formula is C16H21NO6S4. The minimum Gasteiger partial charge on any atom is -0.222 e. The number of sulfone groups is 3. The van der Waals surface area contributed by atoms with Crippen LogP contribution < -0.4 is 0 Å². The van der Waals surface area contributed by atoms with Gasteiger partial charge in [-0.05, 0) is 46.8 Å². The molecule has 1 aromatic heterocycles. The van der Waals surface area contributed by atoms with Crippen LogP contribution in [0.4, 0.5) is 0 Å². The molecule has 2 rings (SSSR count). The summed E-state index contributed by atoms with van der Waals surface area (Å²) in [6.07, 6.45) is 0. The Labute approximate surface area is 164 Å². The molecule has 0 spiro atoms. The van der Waals surface area contributed by atoms with Crippen LogP contribution in [0.15, 0.2) is 42.7 Å². The predicted molar refractivity (Wildman–Crippen MR) is 103 cm³/mol. The smallest absolute Gasteiger partial charge is 0.222 e. The number of thiazole rings is 1. The van der Waals surface area contributed by atoms with Crippen molar-refractivity contribution >= 4 is 40.8 Å². The molecule has 0 fully saturated rings. The third-order valence-electron chi connectivity index (χ3n) is 3.88. The van der Waals surface area contributed by atoms with E-state index in [0.29, 0.717) is 11.3 Å². The van der Waals surface area contributed by atoms with Gasteiger partial charge in [0.1, 0.15) is 0 Å². The van der Waals surface area contributed by atoms with E-state index in [9.17, 15) is 25.3 Å². The summed E-state index contributed by atoms with van der Waals surface area (Å²) in [5, 5.41) is -2.53. The van der Waals surface area contributed by atoms with Gasteiger partial charge in [0.05, 0.1) is 15.4 Å². The van der Waals surface area contributed by atoms with Gasteiger partial charge in [-0.3, -0.25) is 0 Å². The highest BCUT2D eigenvalue weighted by Gasteiger charge is 2.37. The Hall–Kier alpha value is -1.30. The lowest BCUT2D eigenvalue weighted by Crippen LogP contribution is -2.16. The van der Waals surface area contributed by atoms with E-state index in [4.69, 9.17) is 0 Å². The first-order chi connectivity index (χ1) is 12.2. The van der Waals surface area contributed by atoms with E-state index in [1.54, 1.807) is 19.1 Å². The highest BCUT2D eigenvalue weighted by Crippen LogP contribution is 2.36. The van der Waals surface area contributed by atoms with Crippen LogP contribution in [0.25, 0.3) is 0 Å². The molecule has 1 heterocycles. The number of hydrogen-bond donors (Lipinski definition) is 0. The van der Waals surface area contributed by atoms with Crippen molar-refractivity contribution in [3.63, 3.8) is 0 Å². The lowest BCUT2D eigenvalue weighted by atomic mass is 10.2. The molecule has 0 bridgehead atoms. The van der Waals surface area contributed by atoms with Crippen molar-refractivity contribution < 1.29 is 25.3 Å². The number of hydrogen-bond acceptors (Lipinski definition) is 8. The first-order valence-corrected chi connectivity index (χ1v) is 13.4. The molecule has 27 heavy (non-hydrogen) atoms. The fraction of sp³-hybridized carbons (Fsp3) is 0.438. The number of nitrogens with zero attached hydrogens (tertiary/aromatic N) is 1. The fourth-order valence-corrected chi connectivity index (χ4v) is 8.88. The van der Waals surface area contributed by atoms with Crippen molar-refractivity contribution in [2.45, 2.75) is 63.6 Å². The normalized spacial score (nSPS) is 13.4.